The van der Waals surface area contributed by atoms with Gasteiger partial charge in [-0.2, -0.15) is 0 Å². The van der Waals surface area contributed by atoms with Crippen molar-refractivity contribution in [2.75, 3.05) is 30.8 Å². The minimum atomic E-state index is -0.162. The van der Waals surface area contributed by atoms with Gasteiger partial charge in [-0.1, -0.05) is 23.8 Å². The van der Waals surface area contributed by atoms with Gasteiger partial charge in [0.1, 0.15) is 0 Å². The van der Waals surface area contributed by atoms with Crippen molar-refractivity contribution in [1.29, 1.82) is 0 Å². The lowest BCUT2D eigenvalue weighted by Gasteiger charge is -2.42. The zero-order valence-corrected chi connectivity index (χ0v) is 16.2. The average molecular weight is 375 g/mol. The number of anilines is 1. The maximum Gasteiger partial charge on any atom is 0.232 e. The highest BCUT2D eigenvalue weighted by atomic mass is 32.2. The molecule has 5 nitrogen and oxygen atoms in total. The van der Waals surface area contributed by atoms with Crippen LogP contribution in [-0.4, -0.2) is 47.8 Å². The molecule has 140 valence electrons. The van der Waals surface area contributed by atoms with Gasteiger partial charge in [-0.25, -0.2) is 0 Å². The smallest absolute Gasteiger partial charge is 0.232 e. The molecular weight excluding hydrogens is 348 g/mol. The molecule has 2 amide bonds. The van der Waals surface area contributed by atoms with E-state index in [1.807, 2.05) is 29.2 Å². The van der Waals surface area contributed by atoms with Crippen molar-refractivity contribution in [2.24, 2.45) is 0 Å². The van der Waals surface area contributed by atoms with Gasteiger partial charge in [0.15, 0.2) is 0 Å². The molecule has 2 aliphatic rings. The lowest BCUT2D eigenvalue weighted by Crippen LogP contribution is -2.48. The van der Waals surface area contributed by atoms with Crippen molar-refractivity contribution in [3.63, 3.8) is 0 Å². The average Bonchev–Trinajstić information content (AvgIpc) is 2.61. The highest BCUT2D eigenvalue weighted by molar-refractivity contribution is 8.00. The van der Waals surface area contributed by atoms with Crippen LogP contribution in [0.15, 0.2) is 40.8 Å². The first-order valence-corrected chi connectivity index (χ1v) is 10.1. The van der Waals surface area contributed by atoms with E-state index in [4.69, 9.17) is 4.74 Å². The minimum Gasteiger partial charge on any atom is -0.370 e. The van der Waals surface area contributed by atoms with Crippen molar-refractivity contribution < 1.29 is 14.3 Å². The zero-order chi connectivity index (χ0) is 18.6. The molecule has 1 N–H and O–H groups in total. The zero-order valence-electron chi connectivity index (χ0n) is 15.4. The summed E-state index contributed by atoms with van der Waals surface area (Å²) in [6.45, 7) is 5.89. The first kappa shape index (κ1) is 19.0. The summed E-state index contributed by atoms with van der Waals surface area (Å²) in [5.41, 5.74) is 1.98. The standard InChI is InChI=1S/C20H26N2O3S/c1-15-7-12-25-20(13-15)8-10-22(11-9-20)19(24)14-26-18-6-4-3-5-17(18)21-16(2)23/h3-6,13H,7-12,14H2,1-2H3,(H,21,23). The van der Waals surface area contributed by atoms with Crippen molar-refractivity contribution in [2.45, 2.75) is 43.6 Å². The lowest BCUT2D eigenvalue weighted by atomic mass is 9.87. The number of likely N-dealkylation sites (tertiary alicyclic amines) is 1. The van der Waals surface area contributed by atoms with Crippen molar-refractivity contribution >= 4 is 29.3 Å². The first-order chi connectivity index (χ1) is 12.5. The molecule has 1 saturated heterocycles. The number of amides is 2. The Hall–Kier alpha value is -1.79. The van der Waals surface area contributed by atoms with E-state index in [-0.39, 0.29) is 17.4 Å². The van der Waals surface area contributed by atoms with Gasteiger partial charge >= 0.3 is 0 Å². The number of rotatable bonds is 4. The second-order valence-electron chi connectivity index (χ2n) is 7.00. The molecule has 2 aliphatic heterocycles. The van der Waals surface area contributed by atoms with E-state index in [1.165, 1.54) is 24.3 Å². The fourth-order valence-corrected chi connectivity index (χ4v) is 4.43. The van der Waals surface area contributed by atoms with Crippen LogP contribution in [0.4, 0.5) is 5.69 Å². The predicted octanol–water partition coefficient (Wildman–Crippen LogP) is 3.46. The fourth-order valence-electron chi connectivity index (χ4n) is 3.52. The third kappa shape index (κ3) is 4.68. The van der Waals surface area contributed by atoms with Crippen LogP contribution >= 0.6 is 11.8 Å². The highest BCUT2D eigenvalue weighted by Gasteiger charge is 2.36. The Morgan fingerprint density at radius 2 is 2.00 bits per heavy atom. The SMILES string of the molecule is CC(=O)Nc1ccccc1SCC(=O)N1CCC2(C=C(C)CCO2)CC1. The fraction of sp³-hybridized carbons (Fsp3) is 0.500. The summed E-state index contributed by atoms with van der Waals surface area (Å²) in [5, 5.41) is 2.81. The van der Waals surface area contributed by atoms with E-state index in [9.17, 15) is 9.59 Å². The number of hydrogen-bond acceptors (Lipinski definition) is 4. The van der Waals surface area contributed by atoms with Crippen LogP contribution in [-0.2, 0) is 14.3 Å². The van der Waals surface area contributed by atoms with E-state index in [0.29, 0.717) is 5.75 Å². The number of hydrogen-bond donors (Lipinski definition) is 1. The summed E-state index contributed by atoms with van der Waals surface area (Å²) in [7, 11) is 0. The molecule has 0 saturated carbocycles. The Morgan fingerprint density at radius 3 is 2.69 bits per heavy atom. The number of benzene rings is 1. The van der Waals surface area contributed by atoms with Gasteiger partial charge < -0.3 is 15.0 Å². The second-order valence-corrected chi connectivity index (χ2v) is 8.02. The van der Waals surface area contributed by atoms with Gasteiger partial charge in [-0.15, -0.1) is 11.8 Å². The van der Waals surface area contributed by atoms with Crippen molar-refractivity contribution in [3.05, 3.63) is 35.9 Å². The number of para-hydroxylation sites is 1. The van der Waals surface area contributed by atoms with Crippen LogP contribution < -0.4 is 5.32 Å². The molecule has 0 radical (unpaired) electrons. The quantitative estimate of drug-likeness (QED) is 0.648. The van der Waals surface area contributed by atoms with Crippen LogP contribution in [0.1, 0.15) is 33.1 Å². The third-order valence-electron chi connectivity index (χ3n) is 4.91. The second kappa shape index (κ2) is 8.27. The molecule has 0 bridgehead atoms. The largest absolute Gasteiger partial charge is 0.370 e. The van der Waals surface area contributed by atoms with Crippen molar-refractivity contribution in [3.8, 4) is 0 Å². The molecule has 2 heterocycles. The van der Waals surface area contributed by atoms with Gasteiger partial charge in [0.05, 0.1) is 23.6 Å². The van der Waals surface area contributed by atoms with Crippen LogP contribution in [0.25, 0.3) is 0 Å². The van der Waals surface area contributed by atoms with E-state index in [0.717, 1.165) is 49.5 Å². The Balaban J connectivity index is 1.54. The maximum absolute atomic E-state index is 12.6. The van der Waals surface area contributed by atoms with Crippen molar-refractivity contribution in [1.82, 2.24) is 4.90 Å². The number of carbonyl (C=O) groups is 2. The van der Waals surface area contributed by atoms with Gasteiger partial charge in [0, 0.05) is 24.9 Å². The Labute approximate surface area is 159 Å². The van der Waals surface area contributed by atoms with Crippen LogP contribution in [0.2, 0.25) is 0 Å². The molecule has 6 heteroatoms. The minimum absolute atomic E-state index is 0.110. The number of ether oxygens (including phenoxy) is 1. The molecule has 0 unspecified atom stereocenters. The first-order valence-electron chi connectivity index (χ1n) is 9.07. The number of thioether (sulfide) groups is 1. The molecule has 26 heavy (non-hydrogen) atoms. The van der Waals surface area contributed by atoms with Gasteiger partial charge in [-0.05, 0) is 38.3 Å². The van der Waals surface area contributed by atoms with Gasteiger partial charge in [0.25, 0.3) is 0 Å². The highest BCUT2D eigenvalue weighted by Crippen LogP contribution is 2.33. The van der Waals surface area contributed by atoms with E-state index >= 15 is 0 Å². The summed E-state index contributed by atoms with van der Waals surface area (Å²) in [5.74, 6) is 0.403. The molecule has 3 rings (SSSR count). The monoisotopic (exact) mass is 374 g/mol. The number of piperidine rings is 1. The molecular formula is C20H26N2O3S. The number of nitrogens with one attached hydrogen (secondary N) is 1. The molecule has 1 aromatic carbocycles. The van der Waals surface area contributed by atoms with E-state index < -0.39 is 0 Å². The Kier molecular flexibility index (Phi) is 6.04. The summed E-state index contributed by atoms with van der Waals surface area (Å²) in [4.78, 5) is 26.8. The molecule has 1 fully saturated rings. The molecule has 0 aromatic heterocycles. The number of carbonyl (C=O) groups excluding carboxylic acids is 2. The van der Waals surface area contributed by atoms with E-state index in [1.54, 1.807) is 0 Å². The normalized spacial score (nSPS) is 19.2. The lowest BCUT2D eigenvalue weighted by molar-refractivity contribution is -0.133. The summed E-state index contributed by atoms with van der Waals surface area (Å²) in [6.07, 6.45) is 5.00. The number of nitrogens with zero attached hydrogens (tertiary/aromatic N) is 1. The summed E-state index contributed by atoms with van der Waals surface area (Å²) < 4.78 is 6.03. The van der Waals surface area contributed by atoms with Crippen LogP contribution in [0, 0.1) is 0 Å². The maximum atomic E-state index is 12.6. The van der Waals surface area contributed by atoms with Gasteiger partial charge in [0.2, 0.25) is 11.8 Å². The molecule has 0 aliphatic carbocycles. The topological polar surface area (TPSA) is 58.6 Å². The molecule has 0 atom stereocenters. The predicted molar refractivity (Wildman–Crippen MR) is 104 cm³/mol. The Morgan fingerprint density at radius 1 is 1.27 bits per heavy atom. The molecule has 1 spiro atoms. The van der Waals surface area contributed by atoms with Gasteiger partial charge in [-0.3, -0.25) is 9.59 Å². The third-order valence-corrected chi connectivity index (χ3v) is 5.97. The Bertz CT molecular complexity index is 709. The summed E-state index contributed by atoms with van der Waals surface area (Å²) in [6, 6.07) is 7.57. The van der Waals surface area contributed by atoms with E-state index in [2.05, 4.69) is 18.3 Å². The van der Waals surface area contributed by atoms with Crippen LogP contribution in [0.5, 0.6) is 0 Å². The summed E-state index contributed by atoms with van der Waals surface area (Å²) >= 11 is 1.47. The van der Waals surface area contributed by atoms with Crippen LogP contribution in [0.3, 0.4) is 0 Å². The molecule has 1 aromatic rings.